The van der Waals surface area contributed by atoms with Crippen LogP contribution in [0.2, 0.25) is 0 Å². The van der Waals surface area contributed by atoms with E-state index in [1.54, 1.807) is 7.05 Å². The highest BCUT2D eigenvalue weighted by atomic mass is 79.9. The van der Waals surface area contributed by atoms with Gasteiger partial charge in [0.15, 0.2) is 0 Å². The zero-order valence-corrected chi connectivity index (χ0v) is 14.6. The monoisotopic (exact) mass is 359 g/mol. The summed E-state index contributed by atoms with van der Waals surface area (Å²) in [5.74, 6) is 0.849. The number of likely N-dealkylation sites (N-methyl/N-ethyl adjacent to an activating group) is 1. The molecule has 0 saturated carbocycles. The predicted molar refractivity (Wildman–Crippen MR) is 88.2 cm³/mol. The number of halogens is 1. The Kier molecular flexibility index (Phi) is 7.62. The van der Waals surface area contributed by atoms with Crippen molar-refractivity contribution < 1.29 is 9.53 Å². The minimum Gasteiger partial charge on any atom is -0.468 e. The van der Waals surface area contributed by atoms with Gasteiger partial charge in [-0.25, -0.2) is 0 Å². The van der Waals surface area contributed by atoms with Crippen LogP contribution in [-0.4, -0.2) is 31.4 Å². The molecule has 0 amide bonds. The Balaban J connectivity index is 2.31. The Morgan fingerprint density at radius 3 is 2.70 bits per heavy atom. The molecule has 20 heavy (non-hydrogen) atoms. The highest BCUT2D eigenvalue weighted by Crippen LogP contribution is 2.28. The molecule has 1 N–H and O–H groups in total. The number of nitrogens with one attached hydrogen (secondary N) is 1. The van der Waals surface area contributed by atoms with Crippen molar-refractivity contribution in [1.29, 1.82) is 0 Å². The number of unbranched alkanes of at least 4 members (excludes halogenated alkanes) is 1. The average Bonchev–Trinajstić information content (AvgIpc) is 2.47. The molecule has 0 fully saturated rings. The van der Waals surface area contributed by atoms with Crippen LogP contribution in [0.25, 0.3) is 0 Å². The van der Waals surface area contributed by atoms with E-state index in [9.17, 15) is 4.79 Å². The molecule has 0 aliphatic heterocycles. The smallest absolute Gasteiger partial charge is 0.325 e. The molecule has 112 valence electrons. The van der Waals surface area contributed by atoms with Gasteiger partial charge in [-0.3, -0.25) is 4.79 Å². The second-order valence-corrected chi connectivity index (χ2v) is 6.80. The van der Waals surface area contributed by atoms with Gasteiger partial charge in [-0.1, -0.05) is 18.6 Å². The Morgan fingerprint density at radius 2 is 2.10 bits per heavy atom. The van der Waals surface area contributed by atoms with Gasteiger partial charge in [0, 0.05) is 9.37 Å². The summed E-state index contributed by atoms with van der Waals surface area (Å²) in [6.07, 6.45) is 2.84. The third kappa shape index (κ3) is 5.11. The maximum Gasteiger partial charge on any atom is 0.325 e. The van der Waals surface area contributed by atoms with Crippen LogP contribution in [0.15, 0.2) is 33.6 Å². The van der Waals surface area contributed by atoms with E-state index in [1.807, 2.05) is 30.8 Å². The third-order valence-electron chi connectivity index (χ3n) is 3.35. The number of methoxy groups -OCH3 is 1. The summed E-state index contributed by atoms with van der Waals surface area (Å²) in [4.78, 5) is 13.0. The summed E-state index contributed by atoms with van der Waals surface area (Å²) in [5.41, 5.74) is -0.577. The zero-order chi connectivity index (χ0) is 15.0. The second-order valence-electron chi connectivity index (χ2n) is 4.81. The number of ether oxygens (including phenoxy) is 1. The van der Waals surface area contributed by atoms with E-state index in [-0.39, 0.29) is 5.97 Å². The molecule has 0 heterocycles. The lowest BCUT2D eigenvalue weighted by Crippen LogP contribution is -2.48. The molecule has 0 aromatic heterocycles. The van der Waals surface area contributed by atoms with Gasteiger partial charge in [-0.05, 0) is 60.6 Å². The molecule has 3 nitrogen and oxygen atoms in total. The first-order valence-corrected chi connectivity index (χ1v) is 8.46. The topological polar surface area (TPSA) is 38.3 Å². The predicted octanol–water partition coefficient (Wildman–Crippen LogP) is 3.86. The fourth-order valence-electron chi connectivity index (χ4n) is 1.88. The van der Waals surface area contributed by atoms with Crippen LogP contribution in [-0.2, 0) is 9.53 Å². The minimum atomic E-state index is -0.577. The van der Waals surface area contributed by atoms with Gasteiger partial charge < -0.3 is 10.1 Å². The first-order valence-electron chi connectivity index (χ1n) is 6.68. The van der Waals surface area contributed by atoms with E-state index in [1.165, 1.54) is 12.0 Å². The van der Waals surface area contributed by atoms with Crippen molar-refractivity contribution in [2.75, 3.05) is 19.9 Å². The molecule has 5 heteroatoms. The maximum atomic E-state index is 11.7. The van der Waals surface area contributed by atoms with Crippen LogP contribution >= 0.6 is 27.7 Å². The number of carbonyl (C=O) groups is 1. The number of benzene rings is 1. The lowest BCUT2D eigenvalue weighted by atomic mass is 9.95. The largest absolute Gasteiger partial charge is 0.468 e. The standard InChI is InChI=1S/C15H22BrNO2S/c1-15(17-2,14(18)19-3)10-6-7-11-20-13-9-5-4-8-12(13)16/h4-5,8-9,17H,6-7,10-11H2,1-3H3. The number of hydrogen-bond acceptors (Lipinski definition) is 4. The first kappa shape index (κ1) is 17.5. The Bertz CT molecular complexity index is 442. The fourth-order valence-corrected chi connectivity index (χ4v) is 3.46. The van der Waals surface area contributed by atoms with Gasteiger partial charge in [-0.15, -0.1) is 11.8 Å². The summed E-state index contributed by atoms with van der Waals surface area (Å²) in [7, 11) is 3.23. The van der Waals surface area contributed by atoms with Crippen LogP contribution < -0.4 is 5.32 Å². The van der Waals surface area contributed by atoms with Crippen molar-refractivity contribution in [3.63, 3.8) is 0 Å². The normalized spacial score (nSPS) is 13.8. The van der Waals surface area contributed by atoms with E-state index in [0.29, 0.717) is 0 Å². The highest BCUT2D eigenvalue weighted by molar-refractivity contribution is 9.10. The van der Waals surface area contributed by atoms with Crippen molar-refractivity contribution in [2.24, 2.45) is 0 Å². The van der Waals surface area contributed by atoms with Gasteiger partial charge in [0.25, 0.3) is 0 Å². The molecule has 0 radical (unpaired) electrons. The van der Waals surface area contributed by atoms with Crippen LogP contribution in [0.4, 0.5) is 0 Å². The van der Waals surface area contributed by atoms with E-state index >= 15 is 0 Å². The molecule has 1 unspecified atom stereocenters. The summed E-state index contributed by atoms with van der Waals surface area (Å²) in [6.45, 7) is 1.89. The van der Waals surface area contributed by atoms with Crippen LogP contribution in [0, 0.1) is 0 Å². The summed E-state index contributed by atoms with van der Waals surface area (Å²) in [5, 5.41) is 3.06. The summed E-state index contributed by atoms with van der Waals surface area (Å²) >= 11 is 5.38. The lowest BCUT2D eigenvalue weighted by Gasteiger charge is -2.25. The molecule has 0 saturated heterocycles. The second kappa shape index (κ2) is 8.70. The quantitative estimate of drug-likeness (QED) is 0.434. The van der Waals surface area contributed by atoms with E-state index in [0.717, 1.165) is 29.5 Å². The zero-order valence-electron chi connectivity index (χ0n) is 12.2. The lowest BCUT2D eigenvalue weighted by molar-refractivity contribution is -0.148. The van der Waals surface area contributed by atoms with Gasteiger partial charge in [0.2, 0.25) is 0 Å². The molecule has 0 aliphatic rings. The third-order valence-corrected chi connectivity index (χ3v) is 5.47. The first-order chi connectivity index (χ1) is 9.53. The van der Waals surface area contributed by atoms with Crippen LogP contribution in [0.3, 0.4) is 0 Å². The van der Waals surface area contributed by atoms with Gasteiger partial charge >= 0.3 is 5.97 Å². The van der Waals surface area contributed by atoms with Crippen LogP contribution in [0.5, 0.6) is 0 Å². The summed E-state index contributed by atoms with van der Waals surface area (Å²) < 4.78 is 5.97. The number of esters is 1. The maximum absolute atomic E-state index is 11.7. The molecular formula is C15H22BrNO2S. The van der Waals surface area contributed by atoms with Crippen molar-refractivity contribution >= 4 is 33.7 Å². The van der Waals surface area contributed by atoms with E-state index < -0.39 is 5.54 Å². The van der Waals surface area contributed by atoms with Gasteiger partial charge in [0.05, 0.1) is 7.11 Å². The molecule has 1 aromatic carbocycles. The van der Waals surface area contributed by atoms with Crippen molar-refractivity contribution in [1.82, 2.24) is 5.32 Å². The molecule has 1 aromatic rings. The molecule has 1 atom stereocenters. The van der Waals surface area contributed by atoms with Gasteiger partial charge in [0.1, 0.15) is 5.54 Å². The number of rotatable bonds is 8. The van der Waals surface area contributed by atoms with Crippen molar-refractivity contribution in [2.45, 2.75) is 36.6 Å². The van der Waals surface area contributed by atoms with Crippen molar-refractivity contribution in [3.05, 3.63) is 28.7 Å². The Hall–Kier alpha value is -0.520. The highest BCUT2D eigenvalue weighted by Gasteiger charge is 2.31. The van der Waals surface area contributed by atoms with E-state index in [2.05, 4.69) is 33.4 Å². The van der Waals surface area contributed by atoms with Crippen molar-refractivity contribution in [3.8, 4) is 0 Å². The SMILES string of the molecule is CNC(C)(CCCCSc1ccccc1Br)C(=O)OC. The number of carbonyl (C=O) groups excluding carboxylic acids is 1. The van der Waals surface area contributed by atoms with E-state index in [4.69, 9.17) is 4.74 Å². The average molecular weight is 360 g/mol. The number of thioether (sulfide) groups is 1. The summed E-state index contributed by atoms with van der Waals surface area (Å²) in [6, 6.07) is 8.23. The Labute approximate surface area is 134 Å². The molecule has 0 aliphatic carbocycles. The van der Waals surface area contributed by atoms with Crippen LogP contribution in [0.1, 0.15) is 26.2 Å². The van der Waals surface area contributed by atoms with Gasteiger partial charge in [-0.2, -0.15) is 0 Å². The minimum absolute atomic E-state index is 0.196. The number of hydrogen-bond donors (Lipinski definition) is 1. The molecular weight excluding hydrogens is 338 g/mol. The molecule has 0 bridgehead atoms. The Morgan fingerprint density at radius 1 is 1.40 bits per heavy atom. The molecule has 0 spiro atoms. The molecule has 1 rings (SSSR count). The fraction of sp³-hybridized carbons (Fsp3) is 0.533.